The summed E-state index contributed by atoms with van der Waals surface area (Å²) in [4.78, 5) is 28.0. The third kappa shape index (κ3) is 15.9. The zero-order chi connectivity index (χ0) is 19.5. The van der Waals surface area contributed by atoms with E-state index in [-0.39, 0.29) is 5.96 Å². The number of nitrogens with one attached hydrogen (secondary N) is 2. The summed E-state index contributed by atoms with van der Waals surface area (Å²) in [5.74, 6) is 0.0315. The highest BCUT2D eigenvalue weighted by atomic mass is 79.9. The molecule has 0 aliphatic rings. The van der Waals surface area contributed by atoms with Crippen LogP contribution in [0.3, 0.4) is 0 Å². The van der Waals surface area contributed by atoms with Crippen LogP contribution in [0.15, 0.2) is 4.99 Å². The van der Waals surface area contributed by atoms with E-state index in [2.05, 4.69) is 31.6 Å². The van der Waals surface area contributed by atoms with Gasteiger partial charge in [0, 0.05) is 11.9 Å². The van der Waals surface area contributed by atoms with Crippen LogP contribution in [0.5, 0.6) is 0 Å². The first-order valence-corrected chi connectivity index (χ1v) is 9.65. The zero-order valence-corrected chi connectivity index (χ0v) is 17.8. The van der Waals surface area contributed by atoms with Crippen molar-refractivity contribution < 1.29 is 19.1 Å². The molecular weight excluding hydrogens is 390 g/mol. The number of alkyl halides is 1. The van der Waals surface area contributed by atoms with Crippen molar-refractivity contribution >= 4 is 34.1 Å². The Morgan fingerprint density at radius 1 is 0.840 bits per heavy atom. The van der Waals surface area contributed by atoms with E-state index in [1.807, 2.05) is 0 Å². The van der Waals surface area contributed by atoms with Crippen LogP contribution in [-0.2, 0) is 9.47 Å². The Morgan fingerprint density at radius 2 is 1.28 bits per heavy atom. The Morgan fingerprint density at radius 3 is 1.68 bits per heavy atom. The number of hydrogen-bond acceptors (Lipinski definition) is 5. The molecule has 0 heterocycles. The molecule has 7 nitrogen and oxygen atoms in total. The Labute approximate surface area is 159 Å². The number of unbranched alkanes of at least 4 members (excludes halogenated alkanes) is 3. The van der Waals surface area contributed by atoms with Crippen LogP contribution in [0.2, 0.25) is 0 Å². The van der Waals surface area contributed by atoms with Crippen LogP contribution in [0.25, 0.3) is 0 Å². The average molecular weight is 422 g/mol. The molecule has 0 atom stereocenters. The van der Waals surface area contributed by atoms with Gasteiger partial charge in [0.15, 0.2) is 0 Å². The molecule has 8 heteroatoms. The van der Waals surface area contributed by atoms with Gasteiger partial charge in [0.2, 0.25) is 5.96 Å². The van der Waals surface area contributed by atoms with Crippen LogP contribution < -0.4 is 10.6 Å². The zero-order valence-electron chi connectivity index (χ0n) is 16.2. The van der Waals surface area contributed by atoms with Crippen molar-refractivity contribution in [1.29, 1.82) is 0 Å². The highest BCUT2D eigenvalue weighted by molar-refractivity contribution is 9.09. The summed E-state index contributed by atoms with van der Waals surface area (Å²) in [6.45, 7) is 11.0. The number of halogens is 1. The number of amides is 2. The van der Waals surface area contributed by atoms with Crippen LogP contribution in [0, 0.1) is 0 Å². The summed E-state index contributed by atoms with van der Waals surface area (Å²) in [6, 6.07) is 0. The normalized spacial score (nSPS) is 11.5. The number of carbonyl (C=O) groups excluding carboxylic acids is 2. The topological polar surface area (TPSA) is 89.0 Å². The summed E-state index contributed by atoms with van der Waals surface area (Å²) in [5.41, 5.74) is -1.28. The molecule has 25 heavy (non-hydrogen) atoms. The summed E-state index contributed by atoms with van der Waals surface area (Å²) in [5, 5.41) is 5.91. The molecule has 0 spiro atoms. The van der Waals surface area contributed by atoms with Gasteiger partial charge in [0.25, 0.3) is 0 Å². The van der Waals surface area contributed by atoms with Crippen LogP contribution in [0.4, 0.5) is 9.59 Å². The predicted octanol–water partition coefficient (Wildman–Crippen LogP) is 4.35. The Bertz CT molecular complexity index is 422. The van der Waals surface area contributed by atoms with Gasteiger partial charge in [-0.05, 0) is 54.4 Å². The van der Waals surface area contributed by atoms with Gasteiger partial charge in [0.05, 0.1) is 0 Å². The van der Waals surface area contributed by atoms with Crippen molar-refractivity contribution in [3.63, 3.8) is 0 Å². The van der Waals surface area contributed by atoms with Crippen molar-refractivity contribution in [3.05, 3.63) is 0 Å². The Balaban J connectivity index is 4.69. The second-order valence-corrected chi connectivity index (χ2v) is 8.38. The van der Waals surface area contributed by atoms with E-state index in [0.717, 1.165) is 31.0 Å². The molecule has 0 aliphatic carbocycles. The van der Waals surface area contributed by atoms with Crippen LogP contribution >= 0.6 is 15.9 Å². The highest BCUT2D eigenvalue weighted by Gasteiger charge is 2.21. The maximum atomic E-state index is 11.9. The lowest BCUT2D eigenvalue weighted by molar-refractivity contribution is 0.0545. The number of guanidine groups is 1. The monoisotopic (exact) mass is 421 g/mol. The molecule has 2 N–H and O–H groups in total. The summed E-state index contributed by atoms with van der Waals surface area (Å²) < 4.78 is 10.4. The molecular formula is C17H32BrN3O4. The largest absolute Gasteiger partial charge is 0.444 e. The molecule has 2 amide bonds. The number of ether oxygens (including phenoxy) is 2. The standard InChI is InChI=1S/C17H32BrN3O4/c1-16(2,3)24-14(22)20-13(19-12-10-8-7-9-11-18)21-15(23)25-17(4,5)6/h7-12H2,1-6H3,(H2,19,20,21,22,23). The minimum atomic E-state index is -0.679. The molecule has 0 bridgehead atoms. The number of aliphatic imine (C=N–C) groups is 1. The lowest BCUT2D eigenvalue weighted by Gasteiger charge is -2.22. The molecule has 0 radical (unpaired) electrons. The molecule has 0 aromatic carbocycles. The molecule has 0 aromatic rings. The number of hydrogen-bond donors (Lipinski definition) is 2. The van der Waals surface area contributed by atoms with Crippen molar-refractivity contribution in [2.24, 2.45) is 4.99 Å². The predicted molar refractivity (Wildman–Crippen MR) is 103 cm³/mol. The van der Waals surface area contributed by atoms with Crippen molar-refractivity contribution in [3.8, 4) is 0 Å². The first-order chi connectivity index (χ1) is 11.4. The van der Waals surface area contributed by atoms with Gasteiger partial charge in [-0.1, -0.05) is 28.8 Å². The van der Waals surface area contributed by atoms with Gasteiger partial charge in [-0.2, -0.15) is 0 Å². The number of nitrogens with zero attached hydrogens (tertiary/aromatic N) is 1. The first-order valence-electron chi connectivity index (χ1n) is 8.53. The van der Waals surface area contributed by atoms with Crippen molar-refractivity contribution in [2.45, 2.75) is 78.4 Å². The minimum Gasteiger partial charge on any atom is -0.444 e. The Kier molecular flexibility index (Phi) is 10.7. The molecule has 0 saturated carbocycles. The summed E-state index contributed by atoms with van der Waals surface area (Å²) in [6.07, 6.45) is 2.75. The van der Waals surface area contributed by atoms with E-state index in [9.17, 15) is 9.59 Å². The van der Waals surface area contributed by atoms with Gasteiger partial charge in [-0.3, -0.25) is 15.6 Å². The lowest BCUT2D eigenvalue weighted by atomic mass is 10.2. The molecule has 0 fully saturated rings. The SMILES string of the molecule is CC(C)(C)OC(=O)NC(=NCCCCCCBr)NC(=O)OC(C)(C)C. The number of rotatable bonds is 6. The maximum absolute atomic E-state index is 11.9. The molecule has 0 aliphatic heterocycles. The molecule has 0 unspecified atom stereocenters. The van der Waals surface area contributed by atoms with E-state index >= 15 is 0 Å². The lowest BCUT2D eigenvalue weighted by Crippen LogP contribution is -2.47. The van der Waals surface area contributed by atoms with E-state index in [1.54, 1.807) is 41.5 Å². The van der Waals surface area contributed by atoms with E-state index in [0.29, 0.717) is 6.54 Å². The molecule has 146 valence electrons. The number of carbonyl (C=O) groups is 2. The van der Waals surface area contributed by atoms with E-state index in [1.165, 1.54) is 0 Å². The van der Waals surface area contributed by atoms with Gasteiger partial charge >= 0.3 is 12.2 Å². The maximum Gasteiger partial charge on any atom is 0.414 e. The summed E-state index contributed by atoms with van der Waals surface area (Å²) in [7, 11) is 0. The third-order valence-electron chi connectivity index (χ3n) is 2.55. The van der Waals surface area contributed by atoms with Crippen LogP contribution in [0.1, 0.15) is 67.2 Å². The number of alkyl carbamates (subject to hydrolysis) is 2. The quantitative estimate of drug-likeness (QED) is 0.288. The van der Waals surface area contributed by atoms with E-state index < -0.39 is 23.4 Å². The van der Waals surface area contributed by atoms with Gasteiger partial charge < -0.3 is 9.47 Å². The average Bonchev–Trinajstić information content (AvgIpc) is 2.37. The highest BCUT2D eigenvalue weighted by Crippen LogP contribution is 2.08. The Hall–Kier alpha value is -1.31. The smallest absolute Gasteiger partial charge is 0.414 e. The second kappa shape index (κ2) is 11.3. The molecule has 0 aromatic heterocycles. The van der Waals surface area contributed by atoms with Crippen molar-refractivity contribution in [1.82, 2.24) is 10.6 Å². The minimum absolute atomic E-state index is 0.0315. The van der Waals surface area contributed by atoms with Crippen LogP contribution in [-0.4, -0.2) is 41.2 Å². The van der Waals surface area contributed by atoms with E-state index in [4.69, 9.17) is 9.47 Å². The molecule has 0 rings (SSSR count). The first kappa shape index (κ1) is 23.7. The summed E-state index contributed by atoms with van der Waals surface area (Å²) >= 11 is 3.39. The second-order valence-electron chi connectivity index (χ2n) is 7.59. The fourth-order valence-electron chi connectivity index (χ4n) is 1.66. The fourth-order valence-corrected chi connectivity index (χ4v) is 2.06. The molecule has 0 saturated heterocycles. The third-order valence-corrected chi connectivity index (χ3v) is 3.11. The van der Waals surface area contributed by atoms with Crippen molar-refractivity contribution in [2.75, 3.05) is 11.9 Å². The van der Waals surface area contributed by atoms with Gasteiger partial charge in [-0.15, -0.1) is 0 Å². The van der Waals surface area contributed by atoms with Gasteiger partial charge in [0.1, 0.15) is 11.2 Å². The van der Waals surface area contributed by atoms with Gasteiger partial charge in [-0.25, -0.2) is 9.59 Å². The fraction of sp³-hybridized carbons (Fsp3) is 0.824.